The molecule has 1 atom stereocenters. The van der Waals surface area contributed by atoms with Crippen LogP contribution >= 0.6 is 0 Å². The van der Waals surface area contributed by atoms with E-state index in [4.69, 9.17) is 4.74 Å². The molecule has 0 aromatic heterocycles. The Morgan fingerprint density at radius 2 is 1.84 bits per heavy atom. The number of ether oxygens (including phenoxy) is 1. The summed E-state index contributed by atoms with van der Waals surface area (Å²) < 4.78 is 5.32. The Hall–Kier alpha value is -1.55. The minimum atomic E-state index is -0.517. The van der Waals surface area contributed by atoms with Crippen molar-refractivity contribution < 1.29 is 14.6 Å². The van der Waals surface area contributed by atoms with Gasteiger partial charge in [-0.1, -0.05) is 44.2 Å². The molecular weight excluding hydrogens is 314 g/mol. The molecule has 1 aromatic rings. The molecule has 2 N–H and O–H groups in total. The molecule has 142 valence electrons. The van der Waals surface area contributed by atoms with E-state index in [-0.39, 0.29) is 12.0 Å². The van der Waals surface area contributed by atoms with Crippen molar-refractivity contribution in [3.05, 3.63) is 35.9 Å². The summed E-state index contributed by atoms with van der Waals surface area (Å²) in [4.78, 5) is 12.0. The quantitative estimate of drug-likeness (QED) is 0.687. The van der Waals surface area contributed by atoms with Gasteiger partial charge in [0.1, 0.15) is 5.60 Å². The largest absolute Gasteiger partial charge is 0.444 e. The Bertz CT molecular complexity index is 508. The third-order valence-electron chi connectivity index (χ3n) is 4.20. The molecule has 0 radical (unpaired) electrons. The van der Waals surface area contributed by atoms with Crippen LogP contribution in [-0.4, -0.2) is 30.0 Å². The first-order valence-electron chi connectivity index (χ1n) is 9.27. The van der Waals surface area contributed by atoms with Crippen molar-refractivity contribution in [2.75, 3.05) is 13.2 Å². The van der Waals surface area contributed by atoms with Gasteiger partial charge >= 0.3 is 6.09 Å². The Balaban J connectivity index is 2.64. The van der Waals surface area contributed by atoms with Crippen molar-refractivity contribution in [2.45, 2.75) is 65.9 Å². The van der Waals surface area contributed by atoms with Crippen molar-refractivity contribution in [3.63, 3.8) is 0 Å². The molecule has 0 aliphatic rings. The van der Waals surface area contributed by atoms with Gasteiger partial charge in [0.25, 0.3) is 0 Å². The average Bonchev–Trinajstić information content (AvgIpc) is 2.51. The Morgan fingerprint density at radius 1 is 1.20 bits per heavy atom. The summed E-state index contributed by atoms with van der Waals surface area (Å²) in [6.07, 6.45) is 3.28. The zero-order chi connectivity index (χ0) is 18.9. The number of aliphatic hydroxyl groups is 1. The highest BCUT2D eigenvalue weighted by atomic mass is 16.6. The van der Waals surface area contributed by atoms with Crippen molar-refractivity contribution in [2.24, 2.45) is 11.3 Å². The average molecular weight is 350 g/mol. The molecule has 1 unspecified atom stereocenters. The topological polar surface area (TPSA) is 58.6 Å². The van der Waals surface area contributed by atoms with E-state index >= 15 is 0 Å². The SMILES string of the molecule is CC(C)CC(CO)(CCCc1ccccc1)CNC(=O)OC(C)(C)C. The van der Waals surface area contributed by atoms with Gasteiger partial charge in [0.05, 0.1) is 6.61 Å². The minimum Gasteiger partial charge on any atom is -0.444 e. The van der Waals surface area contributed by atoms with Gasteiger partial charge < -0.3 is 15.2 Å². The van der Waals surface area contributed by atoms with Crippen molar-refractivity contribution in [1.29, 1.82) is 0 Å². The van der Waals surface area contributed by atoms with Crippen LogP contribution in [0.25, 0.3) is 0 Å². The predicted molar refractivity (Wildman–Crippen MR) is 103 cm³/mol. The lowest BCUT2D eigenvalue weighted by molar-refractivity contribution is 0.0423. The van der Waals surface area contributed by atoms with Crippen molar-refractivity contribution in [3.8, 4) is 0 Å². The summed E-state index contributed by atoms with van der Waals surface area (Å²) in [6, 6.07) is 10.4. The molecule has 25 heavy (non-hydrogen) atoms. The van der Waals surface area contributed by atoms with E-state index in [9.17, 15) is 9.90 Å². The van der Waals surface area contributed by atoms with E-state index in [0.29, 0.717) is 12.5 Å². The van der Waals surface area contributed by atoms with Gasteiger partial charge in [-0.05, 0) is 57.9 Å². The van der Waals surface area contributed by atoms with Gasteiger partial charge in [-0.2, -0.15) is 0 Å². The molecule has 0 heterocycles. The molecule has 0 aliphatic carbocycles. The zero-order valence-electron chi connectivity index (χ0n) is 16.5. The minimum absolute atomic E-state index is 0.0652. The summed E-state index contributed by atoms with van der Waals surface area (Å²) >= 11 is 0. The number of nitrogens with one attached hydrogen (secondary N) is 1. The zero-order valence-corrected chi connectivity index (χ0v) is 16.5. The van der Waals surface area contributed by atoms with Gasteiger partial charge in [0.15, 0.2) is 0 Å². The number of carbonyl (C=O) groups is 1. The molecule has 0 fully saturated rings. The summed E-state index contributed by atoms with van der Waals surface area (Å²) in [5.74, 6) is 0.448. The summed E-state index contributed by atoms with van der Waals surface area (Å²) in [5.41, 5.74) is 0.482. The van der Waals surface area contributed by atoms with E-state index in [0.717, 1.165) is 25.7 Å². The van der Waals surface area contributed by atoms with E-state index in [1.165, 1.54) is 5.56 Å². The van der Waals surface area contributed by atoms with Gasteiger partial charge in [0.2, 0.25) is 0 Å². The molecular formula is C21H35NO3. The van der Waals surface area contributed by atoms with Gasteiger partial charge in [-0.15, -0.1) is 0 Å². The smallest absolute Gasteiger partial charge is 0.407 e. The molecule has 0 saturated heterocycles. The van der Waals surface area contributed by atoms with Crippen LogP contribution in [0.2, 0.25) is 0 Å². The summed E-state index contributed by atoms with van der Waals surface area (Å²) in [6.45, 7) is 10.3. The number of hydrogen-bond donors (Lipinski definition) is 2. The molecule has 1 rings (SSSR count). The summed E-state index contributed by atoms with van der Waals surface area (Å²) in [5, 5.41) is 12.9. The van der Waals surface area contributed by atoms with Gasteiger partial charge in [-0.25, -0.2) is 4.79 Å². The van der Waals surface area contributed by atoms with Crippen molar-refractivity contribution >= 4 is 6.09 Å². The lowest BCUT2D eigenvalue weighted by Gasteiger charge is -2.34. The lowest BCUT2D eigenvalue weighted by Crippen LogP contribution is -2.43. The van der Waals surface area contributed by atoms with Crippen LogP contribution in [0, 0.1) is 11.3 Å². The van der Waals surface area contributed by atoms with Crippen LogP contribution in [0.1, 0.15) is 59.4 Å². The Labute approximate surface area is 153 Å². The Kier molecular flexibility index (Phi) is 8.43. The standard InChI is InChI=1S/C21H35NO3/c1-17(2)14-21(16-23,15-22-19(24)25-20(3,4)5)13-9-12-18-10-7-6-8-11-18/h6-8,10-11,17,23H,9,12-16H2,1-5H3,(H,22,24). The second-order valence-corrected chi connectivity index (χ2v) is 8.45. The van der Waals surface area contributed by atoms with Crippen LogP contribution in [0.15, 0.2) is 30.3 Å². The number of amides is 1. The van der Waals surface area contributed by atoms with E-state index in [1.54, 1.807) is 0 Å². The third kappa shape index (κ3) is 8.92. The predicted octanol–water partition coefficient (Wildman–Crippen LogP) is 4.56. The fourth-order valence-electron chi connectivity index (χ4n) is 3.21. The number of carbonyl (C=O) groups excluding carboxylic acids is 1. The molecule has 0 spiro atoms. The first kappa shape index (κ1) is 21.5. The highest BCUT2D eigenvalue weighted by Gasteiger charge is 2.31. The maximum Gasteiger partial charge on any atom is 0.407 e. The molecule has 4 heteroatoms. The second kappa shape index (κ2) is 9.81. The number of aliphatic hydroxyl groups excluding tert-OH is 1. The number of alkyl carbamates (subject to hydrolysis) is 1. The first-order chi connectivity index (χ1) is 11.7. The first-order valence-corrected chi connectivity index (χ1v) is 9.27. The van der Waals surface area contributed by atoms with Crippen LogP contribution in [0.3, 0.4) is 0 Å². The normalized spacial score (nSPS) is 14.2. The van der Waals surface area contributed by atoms with Crippen molar-refractivity contribution in [1.82, 2.24) is 5.32 Å². The van der Waals surface area contributed by atoms with Gasteiger partial charge in [-0.3, -0.25) is 0 Å². The number of benzene rings is 1. The molecule has 0 aliphatic heterocycles. The highest BCUT2D eigenvalue weighted by molar-refractivity contribution is 5.67. The second-order valence-electron chi connectivity index (χ2n) is 8.45. The lowest BCUT2D eigenvalue weighted by atomic mass is 9.76. The Morgan fingerprint density at radius 3 is 2.36 bits per heavy atom. The molecule has 4 nitrogen and oxygen atoms in total. The fraction of sp³-hybridized carbons (Fsp3) is 0.667. The monoisotopic (exact) mass is 349 g/mol. The number of hydrogen-bond acceptors (Lipinski definition) is 3. The van der Waals surface area contributed by atoms with Crippen LogP contribution < -0.4 is 5.32 Å². The van der Waals surface area contributed by atoms with Crippen LogP contribution in [-0.2, 0) is 11.2 Å². The molecule has 1 amide bonds. The maximum atomic E-state index is 12.0. The molecule has 0 bridgehead atoms. The number of aryl methyl sites for hydroxylation is 1. The van der Waals surface area contributed by atoms with E-state index < -0.39 is 11.7 Å². The van der Waals surface area contributed by atoms with Crippen LogP contribution in [0.4, 0.5) is 4.79 Å². The molecule has 0 saturated carbocycles. The summed E-state index contributed by atoms with van der Waals surface area (Å²) in [7, 11) is 0. The van der Waals surface area contributed by atoms with Gasteiger partial charge in [0, 0.05) is 12.0 Å². The van der Waals surface area contributed by atoms with Crippen LogP contribution in [0.5, 0.6) is 0 Å². The third-order valence-corrected chi connectivity index (χ3v) is 4.20. The van der Waals surface area contributed by atoms with E-state index in [1.807, 2.05) is 39.0 Å². The maximum absolute atomic E-state index is 12.0. The fourth-order valence-corrected chi connectivity index (χ4v) is 3.21. The van der Waals surface area contributed by atoms with E-state index in [2.05, 4.69) is 31.3 Å². The highest BCUT2D eigenvalue weighted by Crippen LogP contribution is 2.31. The molecule has 1 aromatic carbocycles. The number of rotatable bonds is 9.